The summed E-state index contributed by atoms with van der Waals surface area (Å²) in [5.74, 6) is -2.41. The largest absolute Gasteiger partial charge is 0.380 e. The maximum Gasteiger partial charge on any atom is 0.262 e. The lowest BCUT2D eigenvalue weighted by Gasteiger charge is -2.37. The molecule has 1 saturated heterocycles. The predicted molar refractivity (Wildman–Crippen MR) is 108 cm³/mol. The van der Waals surface area contributed by atoms with Gasteiger partial charge in [0.05, 0.1) is 18.3 Å². The first-order valence-corrected chi connectivity index (χ1v) is 11.0. The molecule has 0 aromatic carbocycles. The Hall–Kier alpha value is -2.36. The van der Waals surface area contributed by atoms with Crippen LogP contribution < -0.4 is 5.56 Å². The van der Waals surface area contributed by atoms with Crippen molar-refractivity contribution < 1.29 is 18.3 Å². The Bertz CT molecular complexity index is 1040. The number of aromatic amines is 1. The van der Waals surface area contributed by atoms with E-state index in [-0.39, 0.29) is 48.3 Å². The number of aromatic nitrogens is 4. The number of H-pyrrole nitrogens is 1. The van der Waals surface area contributed by atoms with E-state index in [9.17, 15) is 18.4 Å². The van der Waals surface area contributed by atoms with Crippen molar-refractivity contribution in [1.29, 1.82) is 0 Å². The number of likely N-dealkylation sites (tertiary alicyclic amines) is 1. The maximum absolute atomic E-state index is 13.6. The number of rotatable bonds is 4. The normalized spacial score (nSPS) is 28.7. The summed E-state index contributed by atoms with van der Waals surface area (Å²) < 4.78 is 34.1. The van der Waals surface area contributed by atoms with Gasteiger partial charge in [-0.25, -0.2) is 18.4 Å². The molecule has 3 fully saturated rings. The van der Waals surface area contributed by atoms with E-state index in [1.807, 2.05) is 4.90 Å². The van der Waals surface area contributed by atoms with Gasteiger partial charge < -0.3 is 14.6 Å². The minimum Gasteiger partial charge on any atom is -0.380 e. The van der Waals surface area contributed by atoms with Gasteiger partial charge in [-0.1, -0.05) is 0 Å². The Morgan fingerprint density at radius 3 is 2.65 bits per heavy atom. The van der Waals surface area contributed by atoms with Crippen LogP contribution in [0.2, 0.25) is 0 Å². The van der Waals surface area contributed by atoms with Crippen molar-refractivity contribution in [3.05, 3.63) is 22.4 Å². The molecule has 2 aliphatic carbocycles. The molecule has 2 aromatic heterocycles. The first-order valence-electron chi connectivity index (χ1n) is 11.0. The zero-order chi connectivity index (χ0) is 21.8. The average molecular weight is 435 g/mol. The summed E-state index contributed by atoms with van der Waals surface area (Å²) in [5.41, 5.74) is 0.124. The molecule has 3 heterocycles. The lowest BCUT2D eigenvalue weighted by molar-refractivity contribution is -0.138. The molecular weight excluding hydrogens is 408 g/mol. The zero-order valence-electron chi connectivity index (χ0n) is 17.5. The van der Waals surface area contributed by atoms with Crippen molar-refractivity contribution in [2.45, 2.75) is 68.9 Å². The fraction of sp³-hybridized carbons (Fsp3) is 0.714. The number of ether oxygens (including phenoxy) is 1. The minimum absolute atomic E-state index is 0.0778. The second kappa shape index (κ2) is 7.65. The molecule has 3 atom stereocenters. The fourth-order valence-electron chi connectivity index (χ4n) is 5.14. The van der Waals surface area contributed by atoms with Gasteiger partial charge in [-0.05, 0) is 32.1 Å². The van der Waals surface area contributed by atoms with Crippen LogP contribution in [0.5, 0.6) is 0 Å². The Balaban J connectivity index is 1.39. The molecule has 1 amide bonds. The van der Waals surface area contributed by atoms with Gasteiger partial charge >= 0.3 is 0 Å². The molecule has 10 heteroatoms. The second-order valence-corrected chi connectivity index (χ2v) is 9.09. The summed E-state index contributed by atoms with van der Waals surface area (Å²) in [6, 6.07) is -0.200. The van der Waals surface area contributed by atoms with Crippen LogP contribution in [-0.2, 0) is 9.53 Å². The molecule has 1 aliphatic heterocycles. The van der Waals surface area contributed by atoms with E-state index in [0.29, 0.717) is 42.8 Å². The number of carbonyl (C=O) groups is 1. The van der Waals surface area contributed by atoms with Crippen LogP contribution in [0, 0.1) is 5.92 Å². The van der Waals surface area contributed by atoms with Gasteiger partial charge in [0, 0.05) is 44.9 Å². The van der Waals surface area contributed by atoms with Crippen LogP contribution in [0.15, 0.2) is 11.0 Å². The molecule has 0 radical (unpaired) electrons. The van der Waals surface area contributed by atoms with Crippen molar-refractivity contribution >= 4 is 16.9 Å². The molecule has 0 unspecified atom stereocenters. The lowest BCUT2D eigenvalue weighted by Crippen LogP contribution is -2.42. The summed E-state index contributed by atoms with van der Waals surface area (Å²) in [6.45, 7) is 1.28. The molecule has 5 rings (SSSR count). The number of methoxy groups -OCH3 is 1. The third-order valence-corrected chi connectivity index (χ3v) is 7.25. The number of nitrogens with one attached hydrogen (secondary N) is 1. The summed E-state index contributed by atoms with van der Waals surface area (Å²) in [7, 11) is 1.66. The summed E-state index contributed by atoms with van der Waals surface area (Å²) in [4.78, 5) is 35.1. The van der Waals surface area contributed by atoms with Crippen LogP contribution in [0.3, 0.4) is 0 Å². The number of halogens is 2. The topological polar surface area (TPSA) is 93.1 Å². The van der Waals surface area contributed by atoms with Crippen LogP contribution in [0.4, 0.5) is 8.78 Å². The number of fused-ring (bicyclic) bond motifs is 1. The van der Waals surface area contributed by atoms with E-state index >= 15 is 0 Å². The van der Waals surface area contributed by atoms with Gasteiger partial charge in [0.2, 0.25) is 11.8 Å². The van der Waals surface area contributed by atoms with Crippen molar-refractivity contribution in [3.63, 3.8) is 0 Å². The van der Waals surface area contributed by atoms with Crippen LogP contribution in [0.25, 0.3) is 11.0 Å². The highest BCUT2D eigenvalue weighted by Crippen LogP contribution is 2.43. The van der Waals surface area contributed by atoms with Gasteiger partial charge in [0.15, 0.2) is 5.65 Å². The van der Waals surface area contributed by atoms with E-state index in [1.165, 1.54) is 6.20 Å². The van der Waals surface area contributed by atoms with Gasteiger partial charge in [-0.2, -0.15) is 5.10 Å². The lowest BCUT2D eigenvalue weighted by atomic mass is 9.72. The zero-order valence-corrected chi connectivity index (χ0v) is 17.5. The van der Waals surface area contributed by atoms with Gasteiger partial charge in [0.25, 0.3) is 5.56 Å². The summed E-state index contributed by atoms with van der Waals surface area (Å²) in [5, 5.41) is 4.66. The molecule has 1 N–H and O–H groups in total. The smallest absolute Gasteiger partial charge is 0.262 e. The van der Waals surface area contributed by atoms with E-state index < -0.39 is 5.92 Å². The van der Waals surface area contributed by atoms with Crippen LogP contribution >= 0.6 is 0 Å². The van der Waals surface area contributed by atoms with Crippen LogP contribution in [0.1, 0.15) is 62.7 Å². The number of amides is 1. The standard InChI is InChI=1S/C21H27F2N5O3/c1-31-13-6-9-27(11-13)20(30)15-3-2-14(15)17-25-18-16(19(29)26-17)10-24-28(18)12-4-7-21(22,23)8-5-12/h10,12-15H,2-9,11H2,1H3,(H,25,26,29)/t13-,14+,15+/m1/s1. The number of carbonyl (C=O) groups excluding carboxylic acids is 1. The second-order valence-electron chi connectivity index (χ2n) is 9.09. The van der Waals surface area contributed by atoms with Gasteiger partial charge in [0.1, 0.15) is 11.2 Å². The van der Waals surface area contributed by atoms with Crippen molar-refractivity contribution in [2.75, 3.05) is 20.2 Å². The average Bonchev–Trinajstić information content (AvgIpc) is 3.35. The van der Waals surface area contributed by atoms with Gasteiger partial charge in [-0.15, -0.1) is 0 Å². The fourth-order valence-corrected chi connectivity index (χ4v) is 5.14. The van der Waals surface area contributed by atoms with E-state index in [4.69, 9.17) is 4.74 Å². The van der Waals surface area contributed by atoms with Crippen molar-refractivity contribution in [3.8, 4) is 0 Å². The Labute approximate surface area is 178 Å². The number of hydrogen-bond donors (Lipinski definition) is 1. The van der Waals surface area contributed by atoms with Crippen molar-refractivity contribution in [1.82, 2.24) is 24.6 Å². The molecule has 8 nitrogen and oxygen atoms in total. The quantitative estimate of drug-likeness (QED) is 0.797. The SMILES string of the molecule is CO[C@@H]1CCN(C(=O)[C@H]2CC[C@@H]2c2nc3c(cnn3C3CCC(F)(F)CC3)c(=O)[nH]2)C1. The van der Waals surface area contributed by atoms with Crippen LogP contribution in [-0.4, -0.2) is 62.8 Å². The molecule has 0 spiro atoms. The maximum atomic E-state index is 13.6. The Morgan fingerprint density at radius 2 is 2.00 bits per heavy atom. The highest BCUT2D eigenvalue weighted by molar-refractivity contribution is 5.81. The molecule has 31 heavy (non-hydrogen) atoms. The first kappa shape index (κ1) is 20.5. The molecule has 3 aliphatic rings. The minimum atomic E-state index is -2.63. The molecular formula is C21H27F2N5O3. The Kier molecular flexibility index (Phi) is 5.07. The number of alkyl halides is 2. The Morgan fingerprint density at radius 1 is 1.23 bits per heavy atom. The third-order valence-electron chi connectivity index (χ3n) is 7.25. The van der Waals surface area contributed by atoms with E-state index in [1.54, 1.807) is 11.8 Å². The van der Waals surface area contributed by atoms with Gasteiger partial charge in [-0.3, -0.25) is 9.59 Å². The number of hydrogen-bond acceptors (Lipinski definition) is 5. The summed E-state index contributed by atoms with van der Waals surface area (Å²) >= 11 is 0. The molecule has 168 valence electrons. The highest BCUT2D eigenvalue weighted by Gasteiger charge is 2.43. The highest BCUT2D eigenvalue weighted by atomic mass is 19.3. The molecule has 0 bridgehead atoms. The van der Waals surface area contributed by atoms with Crippen molar-refractivity contribution in [2.24, 2.45) is 5.92 Å². The predicted octanol–water partition coefficient (Wildman–Crippen LogP) is 2.61. The van der Waals surface area contributed by atoms with E-state index in [2.05, 4.69) is 15.1 Å². The molecule has 2 aromatic rings. The monoisotopic (exact) mass is 435 g/mol. The third kappa shape index (κ3) is 3.64. The molecule has 2 saturated carbocycles. The number of nitrogens with zero attached hydrogens (tertiary/aromatic N) is 4. The first-order chi connectivity index (χ1) is 14.9. The van der Waals surface area contributed by atoms with E-state index in [0.717, 1.165) is 19.3 Å². The summed E-state index contributed by atoms with van der Waals surface area (Å²) in [6.07, 6.45) is 4.12.